The van der Waals surface area contributed by atoms with Gasteiger partial charge in [-0.15, -0.1) is 0 Å². The topological polar surface area (TPSA) is 50.4 Å². The lowest BCUT2D eigenvalue weighted by Gasteiger charge is -2.24. The largest absolute Gasteiger partial charge is 0.484 e. The van der Waals surface area contributed by atoms with Crippen LogP contribution in [0, 0.1) is 0 Å². The van der Waals surface area contributed by atoms with E-state index in [0.29, 0.717) is 0 Å². The van der Waals surface area contributed by atoms with Crippen LogP contribution in [0.1, 0.15) is 46.1 Å². The highest BCUT2D eigenvalue weighted by atomic mass is 16.5. The molecular weight excluding hydrogens is 264 g/mol. The van der Waals surface area contributed by atoms with Gasteiger partial charge in [-0.25, -0.2) is 0 Å². The summed E-state index contributed by atoms with van der Waals surface area (Å²) in [6.07, 6.45) is 2.00. The Bertz CT molecular complexity index is 444. The second-order valence-electron chi connectivity index (χ2n) is 5.90. The summed E-state index contributed by atoms with van der Waals surface area (Å²) in [5, 5.41) is 6.30. The third-order valence-electron chi connectivity index (χ3n) is 3.39. The van der Waals surface area contributed by atoms with E-state index >= 15 is 0 Å². The molecule has 4 heteroatoms. The van der Waals surface area contributed by atoms with Crippen molar-refractivity contribution in [1.29, 1.82) is 0 Å². The minimum absolute atomic E-state index is 0.0509. The van der Waals surface area contributed by atoms with Crippen molar-refractivity contribution in [3.63, 3.8) is 0 Å². The van der Waals surface area contributed by atoms with Crippen molar-refractivity contribution >= 4 is 5.91 Å². The van der Waals surface area contributed by atoms with E-state index in [0.717, 1.165) is 37.2 Å². The summed E-state index contributed by atoms with van der Waals surface area (Å²) in [7, 11) is 0. The summed E-state index contributed by atoms with van der Waals surface area (Å²) >= 11 is 0. The van der Waals surface area contributed by atoms with Crippen LogP contribution in [0.5, 0.6) is 5.75 Å². The zero-order valence-corrected chi connectivity index (χ0v) is 13.7. The van der Waals surface area contributed by atoms with Gasteiger partial charge < -0.3 is 15.4 Å². The van der Waals surface area contributed by atoms with Crippen LogP contribution in [0.15, 0.2) is 24.3 Å². The SMILES string of the molecule is CCCNCc1cccc(OCC(=O)NC(C)(C)CC)c1. The molecule has 1 aromatic carbocycles. The predicted octanol–water partition coefficient (Wildman–Crippen LogP) is 2.87. The Balaban J connectivity index is 2.44. The van der Waals surface area contributed by atoms with E-state index in [1.165, 1.54) is 0 Å². The fraction of sp³-hybridized carbons (Fsp3) is 0.588. The Morgan fingerprint density at radius 3 is 2.71 bits per heavy atom. The number of carbonyl (C=O) groups excluding carboxylic acids is 1. The number of nitrogens with one attached hydrogen (secondary N) is 2. The van der Waals surface area contributed by atoms with Gasteiger partial charge in [-0.2, -0.15) is 0 Å². The van der Waals surface area contributed by atoms with Gasteiger partial charge in [0.25, 0.3) is 5.91 Å². The van der Waals surface area contributed by atoms with Gasteiger partial charge in [-0.05, 0) is 50.9 Å². The summed E-state index contributed by atoms with van der Waals surface area (Å²) in [6, 6.07) is 7.85. The van der Waals surface area contributed by atoms with Gasteiger partial charge in [-0.1, -0.05) is 26.0 Å². The molecular formula is C17H28N2O2. The van der Waals surface area contributed by atoms with Gasteiger partial charge in [0.1, 0.15) is 5.75 Å². The molecule has 4 nitrogen and oxygen atoms in total. The van der Waals surface area contributed by atoms with Crippen molar-refractivity contribution < 1.29 is 9.53 Å². The Morgan fingerprint density at radius 1 is 1.29 bits per heavy atom. The van der Waals surface area contributed by atoms with Crippen molar-refractivity contribution in [2.45, 2.75) is 52.6 Å². The maximum Gasteiger partial charge on any atom is 0.258 e. The highest BCUT2D eigenvalue weighted by Gasteiger charge is 2.17. The normalized spacial score (nSPS) is 11.2. The smallest absolute Gasteiger partial charge is 0.258 e. The van der Waals surface area contributed by atoms with Crippen LogP contribution in [0.25, 0.3) is 0 Å². The molecule has 0 aliphatic heterocycles. The highest BCUT2D eigenvalue weighted by Crippen LogP contribution is 2.13. The minimum atomic E-state index is -0.188. The number of hydrogen-bond donors (Lipinski definition) is 2. The van der Waals surface area contributed by atoms with E-state index in [1.54, 1.807) is 0 Å². The van der Waals surface area contributed by atoms with E-state index in [4.69, 9.17) is 4.74 Å². The standard InChI is InChI=1S/C17H28N2O2/c1-5-10-18-12-14-8-7-9-15(11-14)21-13-16(20)19-17(3,4)6-2/h7-9,11,18H,5-6,10,12-13H2,1-4H3,(H,19,20). The molecule has 2 N–H and O–H groups in total. The lowest BCUT2D eigenvalue weighted by atomic mass is 10.0. The van der Waals surface area contributed by atoms with Crippen LogP contribution in [0.4, 0.5) is 0 Å². The van der Waals surface area contributed by atoms with Crippen LogP contribution >= 0.6 is 0 Å². The molecule has 0 aliphatic carbocycles. The maximum atomic E-state index is 11.8. The van der Waals surface area contributed by atoms with E-state index in [-0.39, 0.29) is 18.1 Å². The molecule has 0 saturated carbocycles. The fourth-order valence-corrected chi connectivity index (χ4v) is 1.81. The van der Waals surface area contributed by atoms with Crippen molar-refractivity contribution in [1.82, 2.24) is 10.6 Å². The van der Waals surface area contributed by atoms with Crippen LogP contribution in [0.3, 0.4) is 0 Å². The van der Waals surface area contributed by atoms with Gasteiger partial charge in [0.05, 0.1) is 0 Å². The molecule has 0 spiro atoms. The molecule has 0 radical (unpaired) electrons. The van der Waals surface area contributed by atoms with E-state index in [9.17, 15) is 4.79 Å². The van der Waals surface area contributed by atoms with Crippen molar-refractivity contribution in [2.75, 3.05) is 13.2 Å². The van der Waals surface area contributed by atoms with Crippen molar-refractivity contribution in [2.24, 2.45) is 0 Å². The van der Waals surface area contributed by atoms with E-state index in [2.05, 4.69) is 23.6 Å². The first-order chi connectivity index (χ1) is 9.96. The van der Waals surface area contributed by atoms with Gasteiger partial charge >= 0.3 is 0 Å². The molecule has 1 rings (SSSR count). The third-order valence-corrected chi connectivity index (χ3v) is 3.39. The summed E-state index contributed by atoms with van der Waals surface area (Å²) in [5.74, 6) is 0.645. The minimum Gasteiger partial charge on any atom is -0.484 e. The maximum absolute atomic E-state index is 11.8. The molecule has 0 heterocycles. The highest BCUT2D eigenvalue weighted by molar-refractivity contribution is 5.78. The Hall–Kier alpha value is -1.55. The zero-order chi connectivity index (χ0) is 15.7. The molecule has 0 saturated heterocycles. The lowest BCUT2D eigenvalue weighted by molar-refractivity contribution is -0.124. The Labute approximate surface area is 128 Å². The molecule has 0 bridgehead atoms. The number of hydrogen-bond acceptors (Lipinski definition) is 3. The Kier molecular flexibility index (Phi) is 7.23. The van der Waals surface area contributed by atoms with E-state index in [1.807, 2.05) is 39.0 Å². The van der Waals surface area contributed by atoms with Crippen LogP contribution in [0.2, 0.25) is 0 Å². The summed E-state index contributed by atoms with van der Waals surface area (Å²) < 4.78 is 5.57. The number of carbonyl (C=O) groups is 1. The van der Waals surface area contributed by atoms with E-state index < -0.39 is 0 Å². The summed E-state index contributed by atoms with van der Waals surface area (Å²) in [4.78, 5) is 11.8. The summed E-state index contributed by atoms with van der Waals surface area (Å²) in [5.41, 5.74) is 0.974. The van der Waals surface area contributed by atoms with Crippen LogP contribution in [-0.4, -0.2) is 24.6 Å². The Morgan fingerprint density at radius 2 is 2.05 bits per heavy atom. The average molecular weight is 292 g/mol. The first-order valence-corrected chi connectivity index (χ1v) is 7.70. The molecule has 0 atom stereocenters. The van der Waals surface area contributed by atoms with Crippen molar-refractivity contribution in [3.8, 4) is 5.75 Å². The molecule has 0 unspecified atom stereocenters. The second kappa shape index (κ2) is 8.67. The average Bonchev–Trinajstić information content (AvgIpc) is 2.45. The second-order valence-corrected chi connectivity index (χ2v) is 5.90. The molecule has 1 amide bonds. The summed E-state index contributed by atoms with van der Waals surface area (Å²) in [6.45, 7) is 10.1. The van der Waals surface area contributed by atoms with Gasteiger partial charge in [0.2, 0.25) is 0 Å². The number of benzene rings is 1. The first-order valence-electron chi connectivity index (χ1n) is 7.70. The molecule has 118 valence electrons. The zero-order valence-electron chi connectivity index (χ0n) is 13.7. The predicted molar refractivity (Wildman–Crippen MR) is 86.4 cm³/mol. The monoisotopic (exact) mass is 292 g/mol. The number of amides is 1. The van der Waals surface area contributed by atoms with Crippen LogP contribution in [-0.2, 0) is 11.3 Å². The number of rotatable bonds is 9. The lowest BCUT2D eigenvalue weighted by Crippen LogP contribution is -2.44. The number of ether oxygens (including phenoxy) is 1. The molecule has 0 fully saturated rings. The third kappa shape index (κ3) is 7.14. The molecule has 1 aromatic rings. The quantitative estimate of drug-likeness (QED) is 0.688. The van der Waals surface area contributed by atoms with Crippen LogP contribution < -0.4 is 15.4 Å². The molecule has 0 aromatic heterocycles. The fourth-order valence-electron chi connectivity index (χ4n) is 1.81. The first kappa shape index (κ1) is 17.5. The van der Waals surface area contributed by atoms with Gasteiger partial charge in [0, 0.05) is 12.1 Å². The van der Waals surface area contributed by atoms with Gasteiger partial charge in [-0.3, -0.25) is 4.79 Å². The molecule has 0 aliphatic rings. The van der Waals surface area contributed by atoms with Gasteiger partial charge in [0.15, 0.2) is 6.61 Å². The molecule has 21 heavy (non-hydrogen) atoms. The van der Waals surface area contributed by atoms with Crippen molar-refractivity contribution in [3.05, 3.63) is 29.8 Å².